The zero-order chi connectivity index (χ0) is 14.2. The number of aryl methyl sites for hydroxylation is 1. The molecule has 0 radical (unpaired) electrons. The third-order valence-electron chi connectivity index (χ3n) is 3.62. The molecule has 1 aliphatic heterocycles. The van der Waals surface area contributed by atoms with Crippen LogP contribution in [0.2, 0.25) is 0 Å². The van der Waals surface area contributed by atoms with E-state index in [1.807, 2.05) is 6.92 Å². The van der Waals surface area contributed by atoms with Crippen LogP contribution in [0.5, 0.6) is 0 Å². The Hall–Kier alpha value is -1.91. The fraction of sp³-hybridized carbons (Fsp3) is 0.429. The van der Waals surface area contributed by atoms with Crippen LogP contribution in [-0.2, 0) is 4.79 Å². The first-order chi connectivity index (χ1) is 8.90. The van der Waals surface area contributed by atoms with Crippen molar-refractivity contribution in [2.45, 2.75) is 13.8 Å². The summed E-state index contributed by atoms with van der Waals surface area (Å²) in [5.74, 6) is -2.06. The number of carboxylic acids is 1. The van der Waals surface area contributed by atoms with Crippen LogP contribution in [0.1, 0.15) is 22.8 Å². The van der Waals surface area contributed by atoms with Gasteiger partial charge in [0.25, 0.3) is 5.91 Å². The Kier molecular flexibility index (Phi) is 3.55. The molecule has 1 fully saturated rings. The van der Waals surface area contributed by atoms with Gasteiger partial charge in [0.1, 0.15) is 5.82 Å². The molecule has 1 aliphatic rings. The molecule has 1 aromatic carbocycles. The van der Waals surface area contributed by atoms with Crippen molar-refractivity contribution in [3.8, 4) is 0 Å². The molecule has 4 nitrogen and oxygen atoms in total. The van der Waals surface area contributed by atoms with Crippen molar-refractivity contribution >= 4 is 11.9 Å². The molecule has 1 heterocycles. The molecule has 0 saturated carbocycles. The zero-order valence-electron chi connectivity index (χ0n) is 10.9. The fourth-order valence-corrected chi connectivity index (χ4v) is 2.41. The standard InChI is InChI=1S/C14H16FNO3/c1-8-5-10(3-4-12(8)15)13(17)16-6-9(2)11(7-16)14(18)19/h3-5,9,11H,6-7H2,1-2H3,(H,18,19). The van der Waals surface area contributed by atoms with Gasteiger partial charge in [0, 0.05) is 18.7 Å². The number of aliphatic carboxylic acids is 1. The van der Waals surface area contributed by atoms with Crippen molar-refractivity contribution in [1.82, 2.24) is 4.90 Å². The van der Waals surface area contributed by atoms with Crippen LogP contribution in [0, 0.1) is 24.6 Å². The minimum Gasteiger partial charge on any atom is -0.481 e. The number of hydrogen-bond donors (Lipinski definition) is 1. The molecule has 0 aromatic heterocycles. The SMILES string of the molecule is Cc1cc(C(=O)N2CC(C)C(C(=O)O)C2)ccc1F. The Bertz CT molecular complexity index is 529. The smallest absolute Gasteiger partial charge is 0.308 e. The first kappa shape index (κ1) is 13.5. The maximum absolute atomic E-state index is 13.2. The highest BCUT2D eigenvalue weighted by Crippen LogP contribution is 2.25. The van der Waals surface area contributed by atoms with E-state index in [4.69, 9.17) is 5.11 Å². The second-order valence-electron chi connectivity index (χ2n) is 5.10. The lowest BCUT2D eigenvalue weighted by Gasteiger charge is -2.16. The lowest BCUT2D eigenvalue weighted by Crippen LogP contribution is -2.30. The van der Waals surface area contributed by atoms with E-state index in [-0.39, 0.29) is 24.2 Å². The quantitative estimate of drug-likeness (QED) is 0.888. The minimum absolute atomic E-state index is 0.0667. The number of halogens is 1. The van der Waals surface area contributed by atoms with Crippen LogP contribution in [0.25, 0.3) is 0 Å². The Morgan fingerprint density at radius 3 is 2.58 bits per heavy atom. The van der Waals surface area contributed by atoms with Crippen LogP contribution in [-0.4, -0.2) is 35.0 Å². The number of carboxylic acid groups (broad SMARTS) is 1. The normalized spacial score (nSPS) is 22.6. The van der Waals surface area contributed by atoms with Gasteiger partial charge in [0.2, 0.25) is 0 Å². The molecule has 1 saturated heterocycles. The first-order valence-corrected chi connectivity index (χ1v) is 6.18. The van der Waals surface area contributed by atoms with Crippen LogP contribution in [0.15, 0.2) is 18.2 Å². The lowest BCUT2D eigenvalue weighted by atomic mass is 9.99. The molecular formula is C14H16FNO3. The molecule has 1 amide bonds. The van der Waals surface area contributed by atoms with E-state index in [9.17, 15) is 14.0 Å². The van der Waals surface area contributed by atoms with Crippen LogP contribution in [0.3, 0.4) is 0 Å². The highest BCUT2D eigenvalue weighted by atomic mass is 19.1. The second-order valence-corrected chi connectivity index (χ2v) is 5.10. The number of carbonyl (C=O) groups is 2. The van der Waals surface area contributed by atoms with Gasteiger partial charge in [0.05, 0.1) is 5.92 Å². The maximum Gasteiger partial charge on any atom is 0.308 e. The van der Waals surface area contributed by atoms with E-state index in [1.165, 1.54) is 23.1 Å². The third kappa shape index (κ3) is 2.59. The molecule has 0 spiro atoms. The molecule has 2 atom stereocenters. The molecule has 1 aromatic rings. The third-order valence-corrected chi connectivity index (χ3v) is 3.62. The van der Waals surface area contributed by atoms with Gasteiger partial charge < -0.3 is 10.0 Å². The number of hydrogen-bond acceptors (Lipinski definition) is 2. The topological polar surface area (TPSA) is 57.6 Å². The predicted octanol–water partition coefficient (Wildman–Crippen LogP) is 1.93. The summed E-state index contributed by atoms with van der Waals surface area (Å²) < 4.78 is 13.2. The van der Waals surface area contributed by atoms with Crippen molar-refractivity contribution in [3.05, 3.63) is 35.1 Å². The van der Waals surface area contributed by atoms with Crippen LogP contribution in [0.4, 0.5) is 4.39 Å². The Morgan fingerprint density at radius 2 is 2.05 bits per heavy atom. The van der Waals surface area contributed by atoms with Crippen molar-refractivity contribution in [2.24, 2.45) is 11.8 Å². The number of carbonyl (C=O) groups excluding carboxylic acids is 1. The first-order valence-electron chi connectivity index (χ1n) is 6.18. The predicted molar refractivity (Wildman–Crippen MR) is 67.3 cm³/mol. The molecular weight excluding hydrogens is 249 g/mol. The Balaban J connectivity index is 2.17. The Labute approximate surface area is 110 Å². The van der Waals surface area contributed by atoms with Gasteiger partial charge >= 0.3 is 5.97 Å². The molecule has 5 heteroatoms. The molecule has 0 bridgehead atoms. The molecule has 2 rings (SSSR count). The highest BCUT2D eigenvalue weighted by Gasteiger charge is 2.37. The number of nitrogens with zero attached hydrogens (tertiary/aromatic N) is 1. The van der Waals surface area contributed by atoms with Crippen molar-refractivity contribution < 1.29 is 19.1 Å². The summed E-state index contributed by atoms with van der Waals surface area (Å²) in [6.07, 6.45) is 0. The van der Waals surface area contributed by atoms with E-state index in [1.54, 1.807) is 6.92 Å². The van der Waals surface area contributed by atoms with E-state index in [2.05, 4.69) is 0 Å². The number of likely N-dealkylation sites (tertiary alicyclic amines) is 1. The molecule has 1 N–H and O–H groups in total. The van der Waals surface area contributed by atoms with Crippen LogP contribution >= 0.6 is 0 Å². The largest absolute Gasteiger partial charge is 0.481 e. The number of rotatable bonds is 2. The van der Waals surface area contributed by atoms with E-state index in [0.717, 1.165) is 0 Å². The zero-order valence-corrected chi connectivity index (χ0v) is 10.9. The van der Waals surface area contributed by atoms with Gasteiger partial charge in [-0.3, -0.25) is 9.59 Å². The van der Waals surface area contributed by atoms with Gasteiger partial charge in [-0.2, -0.15) is 0 Å². The number of amides is 1. The van der Waals surface area contributed by atoms with E-state index in [0.29, 0.717) is 17.7 Å². The Morgan fingerprint density at radius 1 is 1.37 bits per heavy atom. The van der Waals surface area contributed by atoms with Crippen molar-refractivity contribution in [1.29, 1.82) is 0 Å². The molecule has 2 unspecified atom stereocenters. The average molecular weight is 265 g/mol. The summed E-state index contributed by atoms with van der Waals surface area (Å²) >= 11 is 0. The summed E-state index contributed by atoms with van der Waals surface area (Å²) in [4.78, 5) is 24.8. The number of benzene rings is 1. The summed E-state index contributed by atoms with van der Waals surface area (Å²) in [5, 5.41) is 9.05. The van der Waals surface area contributed by atoms with Gasteiger partial charge in [0.15, 0.2) is 0 Å². The fourth-order valence-electron chi connectivity index (χ4n) is 2.41. The average Bonchev–Trinajstić information content (AvgIpc) is 2.74. The summed E-state index contributed by atoms with van der Waals surface area (Å²) in [7, 11) is 0. The second kappa shape index (κ2) is 4.99. The van der Waals surface area contributed by atoms with Crippen molar-refractivity contribution in [3.63, 3.8) is 0 Å². The maximum atomic E-state index is 13.2. The highest BCUT2D eigenvalue weighted by molar-refractivity contribution is 5.95. The van der Waals surface area contributed by atoms with E-state index < -0.39 is 11.9 Å². The minimum atomic E-state index is -0.877. The summed E-state index contributed by atoms with van der Waals surface area (Å²) in [6, 6.07) is 4.19. The lowest BCUT2D eigenvalue weighted by molar-refractivity contribution is -0.142. The van der Waals surface area contributed by atoms with Crippen molar-refractivity contribution in [2.75, 3.05) is 13.1 Å². The molecule has 102 valence electrons. The molecule has 19 heavy (non-hydrogen) atoms. The monoisotopic (exact) mass is 265 g/mol. The van der Waals surface area contributed by atoms with E-state index >= 15 is 0 Å². The summed E-state index contributed by atoms with van der Waals surface area (Å²) in [5.41, 5.74) is 0.810. The van der Waals surface area contributed by atoms with Gasteiger partial charge in [-0.15, -0.1) is 0 Å². The van der Waals surface area contributed by atoms with Gasteiger partial charge in [-0.25, -0.2) is 4.39 Å². The summed E-state index contributed by atoms with van der Waals surface area (Å²) in [6.45, 7) is 4.05. The van der Waals surface area contributed by atoms with Gasteiger partial charge in [-0.05, 0) is 36.6 Å². The van der Waals surface area contributed by atoms with Crippen LogP contribution < -0.4 is 0 Å². The molecule has 0 aliphatic carbocycles. The van der Waals surface area contributed by atoms with Gasteiger partial charge in [-0.1, -0.05) is 6.92 Å².